The van der Waals surface area contributed by atoms with Crippen LogP contribution in [0.3, 0.4) is 0 Å². The number of aliphatic carboxylic acids is 1. The zero-order valence-corrected chi connectivity index (χ0v) is 11.7. The molecule has 2 aromatic rings. The van der Waals surface area contributed by atoms with E-state index in [0.29, 0.717) is 0 Å². The summed E-state index contributed by atoms with van der Waals surface area (Å²) in [7, 11) is 0. The molecule has 23 heavy (non-hydrogen) atoms. The molecule has 0 heterocycles. The number of phenolic OH excluding ortho intramolecular Hbond substituents is 2. The second-order valence-corrected chi connectivity index (χ2v) is 4.59. The first-order valence-electron chi connectivity index (χ1n) is 6.44. The largest absolute Gasteiger partial charge is 0.508 e. The number of hydrogen-bond donors (Lipinski definition) is 3. The third-order valence-corrected chi connectivity index (χ3v) is 2.96. The van der Waals surface area contributed by atoms with Crippen LogP contribution in [0.5, 0.6) is 11.5 Å². The summed E-state index contributed by atoms with van der Waals surface area (Å²) in [6.45, 7) is 0. The van der Waals surface area contributed by atoms with Gasteiger partial charge in [-0.25, -0.2) is 9.59 Å². The van der Waals surface area contributed by atoms with Crippen molar-refractivity contribution in [2.45, 2.75) is 6.10 Å². The van der Waals surface area contributed by atoms with Gasteiger partial charge in [-0.3, -0.25) is 4.79 Å². The van der Waals surface area contributed by atoms with Gasteiger partial charge in [0.05, 0.1) is 0 Å². The molecular weight excluding hydrogens is 304 g/mol. The maximum Gasteiger partial charge on any atom is 0.380 e. The molecule has 0 aliphatic rings. The second-order valence-electron chi connectivity index (χ2n) is 4.59. The van der Waals surface area contributed by atoms with E-state index in [1.54, 1.807) is 0 Å². The molecule has 0 saturated heterocycles. The minimum absolute atomic E-state index is 0.0392. The van der Waals surface area contributed by atoms with Gasteiger partial charge in [-0.05, 0) is 36.4 Å². The van der Waals surface area contributed by atoms with Crippen molar-refractivity contribution >= 4 is 17.7 Å². The zero-order chi connectivity index (χ0) is 17.0. The van der Waals surface area contributed by atoms with Gasteiger partial charge in [0.2, 0.25) is 6.10 Å². The number of benzene rings is 2. The van der Waals surface area contributed by atoms with Crippen molar-refractivity contribution in [1.82, 2.24) is 0 Å². The van der Waals surface area contributed by atoms with Crippen molar-refractivity contribution < 1.29 is 34.4 Å². The van der Waals surface area contributed by atoms with Crippen molar-refractivity contribution in [2.75, 3.05) is 0 Å². The first kappa shape index (κ1) is 16.0. The fourth-order valence-electron chi connectivity index (χ4n) is 1.80. The van der Waals surface area contributed by atoms with Crippen LogP contribution in [0, 0.1) is 0 Å². The van der Waals surface area contributed by atoms with Gasteiger partial charge in [0.1, 0.15) is 11.5 Å². The second kappa shape index (κ2) is 6.61. The number of phenols is 2. The molecule has 7 heteroatoms. The molecule has 0 spiro atoms. The van der Waals surface area contributed by atoms with E-state index in [-0.39, 0.29) is 22.6 Å². The van der Waals surface area contributed by atoms with Crippen LogP contribution in [0.1, 0.15) is 22.0 Å². The quantitative estimate of drug-likeness (QED) is 0.435. The summed E-state index contributed by atoms with van der Waals surface area (Å²) >= 11 is 0. The Kier molecular flexibility index (Phi) is 4.61. The molecule has 0 aromatic heterocycles. The lowest BCUT2D eigenvalue weighted by atomic mass is 10.1. The van der Waals surface area contributed by atoms with E-state index in [2.05, 4.69) is 0 Å². The summed E-state index contributed by atoms with van der Waals surface area (Å²) in [5.74, 6) is -3.99. The summed E-state index contributed by atoms with van der Waals surface area (Å²) in [4.78, 5) is 35.0. The highest BCUT2D eigenvalue weighted by atomic mass is 16.6. The van der Waals surface area contributed by atoms with Gasteiger partial charge in [-0.15, -0.1) is 0 Å². The van der Waals surface area contributed by atoms with Crippen LogP contribution in [-0.4, -0.2) is 33.0 Å². The maximum absolute atomic E-state index is 11.9. The Morgan fingerprint density at radius 3 is 1.78 bits per heavy atom. The van der Waals surface area contributed by atoms with Gasteiger partial charge in [0.15, 0.2) is 0 Å². The van der Waals surface area contributed by atoms with Crippen LogP contribution in [0.25, 0.3) is 0 Å². The molecule has 0 saturated carbocycles. The summed E-state index contributed by atoms with van der Waals surface area (Å²) in [5.41, 5.74) is 0.0600. The zero-order valence-electron chi connectivity index (χ0n) is 11.7. The van der Waals surface area contributed by atoms with Gasteiger partial charge < -0.3 is 20.1 Å². The molecule has 0 radical (unpaired) electrons. The monoisotopic (exact) mass is 316 g/mol. The van der Waals surface area contributed by atoms with Gasteiger partial charge in [-0.2, -0.15) is 0 Å². The predicted octanol–water partition coefficient (Wildman–Crippen LogP) is 1.65. The number of esters is 1. The van der Waals surface area contributed by atoms with E-state index in [0.717, 1.165) is 0 Å². The Balaban J connectivity index is 2.18. The maximum atomic E-state index is 11.9. The number of carboxylic acids is 1. The molecule has 1 atom stereocenters. The Hall–Kier alpha value is -3.35. The molecule has 0 amide bonds. The Bertz CT molecular complexity index is 732. The number of ether oxygens (including phenoxy) is 1. The SMILES string of the molecule is O=C(OC(C(=O)O)c1ccc(O)cc1)C(=O)c1ccc(O)cc1. The van der Waals surface area contributed by atoms with Gasteiger partial charge in [0.25, 0.3) is 5.78 Å². The van der Waals surface area contributed by atoms with Crippen molar-refractivity contribution in [2.24, 2.45) is 0 Å². The topological polar surface area (TPSA) is 121 Å². The number of aromatic hydroxyl groups is 2. The highest BCUT2D eigenvalue weighted by Gasteiger charge is 2.28. The summed E-state index contributed by atoms with van der Waals surface area (Å²) in [5, 5.41) is 27.5. The first-order chi connectivity index (χ1) is 10.9. The molecular formula is C16H12O7. The van der Waals surface area contributed by atoms with Crippen molar-refractivity contribution in [3.8, 4) is 11.5 Å². The summed E-state index contributed by atoms with van der Waals surface area (Å²) in [6, 6.07) is 9.88. The molecule has 3 N–H and O–H groups in total. The number of carboxylic acid groups (broad SMARTS) is 1. The van der Waals surface area contributed by atoms with Crippen molar-refractivity contribution in [1.29, 1.82) is 0 Å². The molecule has 2 aromatic carbocycles. The molecule has 0 fully saturated rings. The molecule has 2 rings (SSSR count). The standard InChI is InChI=1S/C16H12O7/c17-11-5-1-9(2-6-11)13(19)16(22)23-14(15(20)21)10-3-7-12(18)8-4-10/h1-8,14,17-18H,(H,20,21). The number of hydrogen-bond acceptors (Lipinski definition) is 6. The van der Waals surface area contributed by atoms with Gasteiger partial charge in [0, 0.05) is 11.1 Å². The average molecular weight is 316 g/mol. The van der Waals surface area contributed by atoms with E-state index in [9.17, 15) is 19.5 Å². The number of rotatable bonds is 5. The normalized spacial score (nSPS) is 11.5. The van der Waals surface area contributed by atoms with Gasteiger partial charge in [-0.1, -0.05) is 12.1 Å². The molecule has 1 unspecified atom stereocenters. The fourth-order valence-corrected chi connectivity index (χ4v) is 1.80. The molecule has 0 aliphatic carbocycles. The molecule has 7 nitrogen and oxygen atoms in total. The van der Waals surface area contributed by atoms with Crippen LogP contribution < -0.4 is 0 Å². The summed E-state index contributed by atoms with van der Waals surface area (Å²) < 4.78 is 4.75. The minimum atomic E-state index is -1.68. The molecule has 0 aliphatic heterocycles. The lowest BCUT2D eigenvalue weighted by Crippen LogP contribution is -2.24. The third kappa shape index (κ3) is 3.85. The highest BCUT2D eigenvalue weighted by molar-refractivity contribution is 6.40. The van der Waals surface area contributed by atoms with Crippen LogP contribution >= 0.6 is 0 Å². The number of carbonyl (C=O) groups is 3. The number of carbonyl (C=O) groups excluding carboxylic acids is 2. The Morgan fingerprint density at radius 2 is 1.30 bits per heavy atom. The fraction of sp³-hybridized carbons (Fsp3) is 0.0625. The van der Waals surface area contributed by atoms with E-state index in [1.807, 2.05) is 0 Å². The Morgan fingerprint density at radius 1 is 0.826 bits per heavy atom. The average Bonchev–Trinajstić information content (AvgIpc) is 2.53. The number of Topliss-reactive ketones (excluding diaryl/α,β-unsaturated/α-hetero) is 1. The lowest BCUT2D eigenvalue weighted by Gasteiger charge is -2.13. The minimum Gasteiger partial charge on any atom is -0.508 e. The van der Waals surface area contributed by atoms with E-state index in [1.165, 1.54) is 48.5 Å². The molecule has 0 bridgehead atoms. The number of ketones is 1. The van der Waals surface area contributed by atoms with E-state index >= 15 is 0 Å². The first-order valence-corrected chi connectivity index (χ1v) is 6.44. The predicted molar refractivity (Wildman–Crippen MR) is 77.0 cm³/mol. The van der Waals surface area contributed by atoms with Crippen LogP contribution in [0.15, 0.2) is 48.5 Å². The smallest absolute Gasteiger partial charge is 0.380 e. The van der Waals surface area contributed by atoms with E-state index in [4.69, 9.17) is 14.9 Å². The summed E-state index contributed by atoms with van der Waals surface area (Å²) in [6.07, 6.45) is -1.68. The van der Waals surface area contributed by atoms with Crippen LogP contribution in [0.4, 0.5) is 0 Å². The van der Waals surface area contributed by atoms with Crippen LogP contribution in [-0.2, 0) is 14.3 Å². The van der Waals surface area contributed by atoms with Gasteiger partial charge >= 0.3 is 11.9 Å². The Labute approximate surface area is 130 Å². The van der Waals surface area contributed by atoms with Crippen LogP contribution in [0.2, 0.25) is 0 Å². The third-order valence-electron chi connectivity index (χ3n) is 2.96. The lowest BCUT2D eigenvalue weighted by molar-refractivity contribution is -0.161. The highest BCUT2D eigenvalue weighted by Crippen LogP contribution is 2.21. The van der Waals surface area contributed by atoms with Crippen molar-refractivity contribution in [3.63, 3.8) is 0 Å². The van der Waals surface area contributed by atoms with Crippen molar-refractivity contribution in [3.05, 3.63) is 59.7 Å². The van der Waals surface area contributed by atoms with E-state index < -0.39 is 23.8 Å². The molecule has 118 valence electrons.